The average Bonchev–Trinajstić information content (AvgIpc) is 2.39. The second kappa shape index (κ2) is 8.30. The number of unbranched alkanes of at least 4 members (excludes halogenated alkanes) is 1. The molecule has 0 saturated carbocycles. The van der Waals surface area contributed by atoms with Gasteiger partial charge in [-0.3, -0.25) is 4.90 Å². The van der Waals surface area contributed by atoms with E-state index in [1.165, 1.54) is 7.11 Å². The number of ether oxygens (including phenoxy) is 1. The fraction of sp³-hybridized carbons (Fsp3) is 0.500. The van der Waals surface area contributed by atoms with Crippen LogP contribution in [0.25, 0.3) is 0 Å². The van der Waals surface area contributed by atoms with Gasteiger partial charge in [0.25, 0.3) is 0 Å². The predicted octanol–water partition coefficient (Wildman–Crippen LogP) is 2.37. The number of rotatable bonds is 7. The van der Waals surface area contributed by atoms with E-state index in [9.17, 15) is 4.79 Å². The minimum absolute atomic E-state index is 0.174. The van der Waals surface area contributed by atoms with Crippen molar-refractivity contribution in [3.8, 4) is 0 Å². The highest BCUT2D eigenvalue weighted by Crippen LogP contribution is 2.24. The fourth-order valence-electron chi connectivity index (χ4n) is 1.96. The molecule has 0 aromatic heterocycles. The number of aliphatic hydroxyl groups is 1. The van der Waals surface area contributed by atoms with Crippen LogP contribution >= 0.6 is 15.9 Å². The van der Waals surface area contributed by atoms with Crippen LogP contribution in [0.15, 0.2) is 28.7 Å². The van der Waals surface area contributed by atoms with E-state index >= 15 is 0 Å². The summed E-state index contributed by atoms with van der Waals surface area (Å²) in [7, 11) is 3.29. The van der Waals surface area contributed by atoms with Gasteiger partial charge >= 0.3 is 5.97 Å². The number of hydrogen-bond donors (Lipinski definition) is 1. The monoisotopic (exact) mass is 329 g/mol. The van der Waals surface area contributed by atoms with E-state index in [0.717, 1.165) is 29.4 Å². The molecule has 5 heteroatoms. The topological polar surface area (TPSA) is 49.8 Å². The van der Waals surface area contributed by atoms with Crippen LogP contribution in [0, 0.1) is 0 Å². The summed E-state index contributed by atoms with van der Waals surface area (Å²) in [6.07, 6.45) is 1.57. The van der Waals surface area contributed by atoms with Crippen LogP contribution in [0.3, 0.4) is 0 Å². The van der Waals surface area contributed by atoms with Crippen molar-refractivity contribution in [2.24, 2.45) is 0 Å². The summed E-state index contributed by atoms with van der Waals surface area (Å²) in [6.45, 7) is 0.903. The van der Waals surface area contributed by atoms with E-state index in [1.54, 1.807) is 0 Å². The Kier molecular flexibility index (Phi) is 7.05. The summed E-state index contributed by atoms with van der Waals surface area (Å²) in [4.78, 5) is 13.9. The molecule has 0 aliphatic carbocycles. The van der Waals surface area contributed by atoms with Crippen molar-refractivity contribution in [2.75, 3.05) is 27.3 Å². The van der Waals surface area contributed by atoms with Crippen molar-refractivity contribution in [1.29, 1.82) is 0 Å². The zero-order valence-electron chi connectivity index (χ0n) is 11.3. The molecule has 0 aliphatic rings. The second-order valence-corrected chi connectivity index (χ2v) is 5.31. The van der Waals surface area contributed by atoms with Gasteiger partial charge in [0, 0.05) is 11.1 Å². The van der Waals surface area contributed by atoms with Crippen molar-refractivity contribution < 1.29 is 14.6 Å². The molecule has 1 aromatic rings. The average molecular weight is 330 g/mol. The number of esters is 1. The highest BCUT2D eigenvalue weighted by atomic mass is 79.9. The van der Waals surface area contributed by atoms with E-state index in [1.807, 2.05) is 36.2 Å². The molecule has 1 N–H and O–H groups in total. The number of likely N-dealkylation sites (N-methyl/N-ethyl adjacent to an activating group) is 1. The van der Waals surface area contributed by atoms with E-state index in [-0.39, 0.29) is 12.6 Å². The highest BCUT2D eigenvalue weighted by molar-refractivity contribution is 9.10. The van der Waals surface area contributed by atoms with E-state index in [0.29, 0.717) is 0 Å². The molecular formula is C14H20BrNO3. The Morgan fingerprint density at radius 3 is 2.79 bits per heavy atom. The highest BCUT2D eigenvalue weighted by Gasteiger charge is 2.25. The Labute approximate surface area is 122 Å². The molecule has 1 aromatic carbocycles. The van der Waals surface area contributed by atoms with Crippen molar-refractivity contribution >= 4 is 21.9 Å². The first-order valence-electron chi connectivity index (χ1n) is 6.24. The SMILES string of the molecule is COC(=O)C(c1cccc(Br)c1)N(C)CCCCO. The van der Waals surface area contributed by atoms with Gasteiger partial charge in [-0.1, -0.05) is 28.1 Å². The molecule has 0 bridgehead atoms. The first kappa shape index (κ1) is 16.1. The molecule has 4 nitrogen and oxygen atoms in total. The third-order valence-electron chi connectivity index (χ3n) is 2.95. The molecule has 0 spiro atoms. The zero-order valence-corrected chi connectivity index (χ0v) is 12.9. The minimum Gasteiger partial charge on any atom is -0.468 e. The van der Waals surface area contributed by atoms with Crippen LogP contribution in [0.1, 0.15) is 24.4 Å². The summed E-state index contributed by atoms with van der Waals surface area (Å²) < 4.78 is 5.82. The van der Waals surface area contributed by atoms with Crippen LogP contribution in [0.5, 0.6) is 0 Å². The Balaban J connectivity index is 2.85. The number of carbonyl (C=O) groups is 1. The molecule has 0 radical (unpaired) electrons. The number of halogens is 1. The van der Waals surface area contributed by atoms with Gasteiger partial charge in [-0.2, -0.15) is 0 Å². The number of nitrogens with zero attached hydrogens (tertiary/aromatic N) is 1. The van der Waals surface area contributed by atoms with Gasteiger partial charge in [-0.25, -0.2) is 4.79 Å². The fourth-order valence-corrected chi connectivity index (χ4v) is 2.38. The molecule has 0 saturated heterocycles. The van der Waals surface area contributed by atoms with Crippen molar-refractivity contribution in [1.82, 2.24) is 4.90 Å². The Hall–Kier alpha value is -0.910. The van der Waals surface area contributed by atoms with Crippen LogP contribution in [0.2, 0.25) is 0 Å². The van der Waals surface area contributed by atoms with E-state index in [4.69, 9.17) is 9.84 Å². The molecule has 106 valence electrons. The Bertz CT molecular complexity index is 411. The molecule has 1 unspecified atom stereocenters. The molecule has 1 rings (SSSR count). The lowest BCUT2D eigenvalue weighted by Crippen LogP contribution is -2.32. The molecule has 0 heterocycles. The van der Waals surface area contributed by atoms with Gasteiger partial charge in [-0.15, -0.1) is 0 Å². The zero-order chi connectivity index (χ0) is 14.3. The van der Waals surface area contributed by atoms with Gasteiger partial charge < -0.3 is 9.84 Å². The molecule has 1 atom stereocenters. The van der Waals surface area contributed by atoms with Gasteiger partial charge in [0.2, 0.25) is 0 Å². The van der Waals surface area contributed by atoms with E-state index in [2.05, 4.69) is 15.9 Å². The van der Waals surface area contributed by atoms with Crippen LogP contribution in [0.4, 0.5) is 0 Å². The minimum atomic E-state index is -0.416. The largest absolute Gasteiger partial charge is 0.468 e. The van der Waals surface area contributed by atoms with Crippen molar-refractivity contribution in [3.63, 3.8) is 0 Å². The number of carbonyl (C=O) groups excluding carboxylic acids is 1. The van der Waals surface area contributed by atoms with Crippen LogP contribution < -0.4 is 0 Å². The normalized spacial score (nSPS) is 12.5. The molecule has 0 amide bonds. The van der Waals surface area contributed by atoms with Crippen LogP contribution in [-0.2, 0) is 9.53 Å². The lowest BCUT2D eigenvalue weighted by Gasteiger charge is -2.26. The number of hydrogen-bond acceptors (Lipinski definition) is 4. The first-order chi connectivity index (χ1) is 9.10. The van der Waals surface area contributed by atoms with Crippen molar-refractivity contribution in [3.05, 3.63) is 34.3 Å². The summed E-state index contributed by atoms with van der Waals surface area (Å²) in [5.41, 5.74) is 0.896. The Morgan fingerprint density at radius 2 is 2.21 bits per heavy atom. The van der Waals surface area contributed by atoms with Gasteiger partial charge in [0.15, 0.2) is 0 Å². The standard InChI is InChI=1S/C14H20BrNO3/c1-16(8-3-4-9-17)13(14(18)19-2)11-6-5-7-12(15)10-11/h5-7,10,13,17H,3-4,8-9H2,1-2H3. The second-order valence-electron chi connectivity index (χ2n) is 4.39. The van der Waals surface area contributed by atoms with Gasteiger partial charge in [0.1, 0.15) is 6.04 Å². The maximum Gasteiger partial charge on any atom is 0.327 e. The molecule has 19 heavy (non-hydrogen) atoms. The maximum absolute atomic E-state index is 12.0. The quantitative estimate of drug-likeness (QED) is 0.616. The first-order valence-corrected chi connectivity index (χ1v) is 7.04. The summed E-state index contributed by atoms with van der Waals surface area (Å²) in [5.74, 6) is -0.274. The molecule has 0 fully saturated rings. The number of methoxy groups -OCH3 is 1. The third-order valence-corrected chi connectivity index (χ3v) is 3.44. The Morgan fingerprint density at radius 1 is 1.47 bits per heavy atom. The summed E-state index contributed by atoms with van der Waals surface area (Å²) in [6, 6.07) is 7.24. The van der Waals surface area contributed by atoms with Gasteiger partial charge in [-0.05, 0) is 44.1 Å². The predicted molar refractivity (Wildman–Crippen MR) is 77.8 cm³/mol. The number of aliphatic hydroxyl groups excluding tert-OH is 1. The molecule has 0 aliphatic heterocycles. The maximum atomic E-state index is 12.0. The van der Waals surface area contributed by atoms with E-state index < -0.39 is 6.04 Å². The van der Waals surface area contributed by atoms with Crippen LogP contribution in [-0.4, -0.2) is 43.3 Å². The third kappa shape index (κ3) is 4.93. The lowest BCUT2D eigenvalue weighted by molar-refractivity contribution is -0.146. The molecular weight excluding hydrogens is 310 g/mol. The smallest absolute Gasteiger partial charge is 0.327 e. The van der Waals surface area contributed by atoms with Crippen molar-refractivity contribution in [2.45, 2.75) is 18.9 Å². The summed E-state index contributed by atoms with van der Waals surface area (Å²) >= 11 is 3.41. The van der Waals surface area contributed by atoms with Gasteiger partial charge in [0.05, 0.1) is 7.11 Å². The summed E-state index contributed by atoms with van der Waals surface area (Å²) in [5, 5.41) is 8.81. The number of benzene rings is 1. The lowest BCUT2D eigenvalue weighted by atomic mass is 10.1.